The van der Waals surface area contributed by atoms with Gasteiger partial charge in [-0.15, -0.1) is 0 Å². The molecule has 6 heteroatoms. The Kier molecular flexibility index (Phi) is 4.26. The molecule has 0 aliphatic heterocycles. The van der Waals surface area contributed by atoms with Crippen LogP contribution in [-0.4, -0.2) is 16.0 Å². The lowest BCUT2D eigenvalue weighted by atomic mass is 9.99. The first-order valence-electron chi connectivity index (χ1n) is 8.74. The van der Waals surface area contributed by atoms with E-state index in [1.54, 1.807) is 12.1 Å². The van der Waals surface area contributed by atoms with E-state index in [2.05, 4.69) is 15.5 Å². The minimum atomic E-state index is -0.467. The average molecular weight is 348 g/mol. The van der Waals surface area contributed by atoms with Gasteiger partial charge in [-0.25, -0.2) is 0 Å². The number of hydrogen-bond donors (Lipinski definition) is 2. The molecule has 1 aliphatic rings. The maximum Gasteiger partial charge on any atom is 0.257 e. The fourth-order valence-electron chi connectivity index (χ4n) is 3.26. The number of nitrogens with two attached hydrogens (primary N) is 1. The van der Waals surface area contributed by atoms with Crippen LogP contribution in [0, 0.1) is 0 Å². The Morgan fingerprint density at radius 2 is 1.73 bits per heavy atom. The highest BCUT2D eigenvalue weighted by Gasteiger charge is 2.36. The molecule has 0 unspecified atom stereocenters. The van der Waals surface area contributed by atoms with E-state index in [4.69, 9.17) is 10.3 Å². The van der Waals surface area contributed by atoms with Crippen molar-refractivity contribution in [1.82, 2.24) is 10.1 Å². The molecule has 132 valence electrons. The quantitative estimate of drug-likeness (QED) is 0.749. The highest BCUT2D eigenvalue weighted by Crippen LogP contribution is 2.35. The molecule has 1 fully saturated rings. The van der Waals surface area contributed by atoms with Gasteiger partial charge in [0.15, 0.2) is 5.82 Å². The Morgan fingerprint density at radius 1 is 1.04 bits per heavy atom. The van der Waals surface area contributed by atoms with Gasteiger partial charge in [0.25, 0.3) is 11.8 Å². The van der Waals surface area contributed by atoms with E-state index in [9.17, 15) is 4.79 Å². The van der Waals surface area contributed by atoms with Crippen molar-refractivity contribution >= 4 is 11.6 Å². The summed E-state index contributed by atoms with van der Waals surface area (Å²) in [6.07, 6.45) is 3.96. The largest absolute Gasteiger partial charge is 0.334 e. The number of aromatic nitrogens is 2. The van der Waals surface area contributed by atoms with Crippen molar-refractivity contribution in [3.05, 3.63) is 66.0 Å². The third-order valence-electron chi connectivity index (χ3n) is 4.79. The summed E-state index contributed by atoms with van der Waals surface area (Å²) in [4.78, 5) is 16.7. The van der Waals surface area contributed by atoms with Gasteiger partial charge in [-0.05, 0) is 49.2 Å². The van der Waals surface area contributed by atoms with Gasteiger partial charge in [0, 0.05) is 16.8 Å². The number of benzene rings is 2. The molecule has 1 saturated carbocycles. The average Bonchev–Trinajstić information content (AvgIpc) is 3.33. The first kappa shape index (κ1) is 16.5. The number of amides is 1. The zero-order valence-electron chi connectivity index (χ0n) is 14.3. The van der Waals surface area contributed by atoms with E-state index in [1.165, 1.54) is 0 Å². The molecule has 0 bridgehead atoms. The van der Waals surface area contributed by atoms with Gasteiger partial charge in [0.1, 0.15) is 0 Å². The van der Waals surface area contributed by atoms with Gasteiger partial charge < -0.3 is 15.6 Å². The second-order valence-corrected chi connectivity index (χ2v) is 6.68. The fraction of sp³-hybridized carbons (Fsp3) is 0.250. The Hall–Kier alpha value is -2.99. The van der Waals surface area contributed by atoms with Crippen LogP contribution in [0.4, 0.5) is 5.69 Å². The van der Waals surface area contributed by atoms with Crippen molar-refractivity contribution in [3.8, 4) is 11.5 Å². The van der Waals surface area contributed by atoms with Gasteiger partial charge in [-0.3, -0.25) is 4.79 Å². The first-order valence-corrected chi connectivity index (χ1v) is 8.74. The number of carbonyl (C=O) groups excluding carboxylic acids is 1. The minimum absolute atomic E-state index is 0.148. The van der Waals surface area contributed by atoms with Crippen LogP contribution >= 0.6 is 0 Å². The van der Waals surface area contributed by atoms with Crippen LogP contribution in [0.5, 0.6) is 0 Å². The van der Waals surface area contributed by atoms with E-state index >= 15 is 0 Å². The molecule has 1 aromatic heterocycles. The molecular weight excluding hydrogens is 328 g/mol. The molecule has 26 heavy (non-hydrogen) atoms. The molecule has 6 nitrogen and oxygen atoms in total. The number of carbonyl (C=O) groups is 1. The lowest BCUT2D eigenvalue weighted by Crippen LogP contribution is -2.34. The zero-order valence-corrected chi connectivity index (χ0v) is 14.3. The summed E-state index contributed by atoms with van der Waals surface area (Å²) in [6.45, 7) is 0. The Morgan fingerprint density at radius 3 is 2.42 bits per heavy atom. The lowest BCUT2D eigenvalue weighted by molar-refractivity contribution is 0.102. The van der Waals surface area contributed by atoms with Gasteiger partial charge in [-0.1, -0.05) is 36.2 Å². The van der Waals surface area contributed by atoms with Crippen molar-refractivity contribution in [3.63, 3.8) is 0 Å². The molecular formula is C20H20N4O2. The van der Waals surface area contributed by atoms with Crippen LogP contribution in [0.25, 0.3) is 11.5 Å². The second-order valence-electron chi connectivity index (χ2n) is 6.68. The molecule has 3 N–H and O–H groups in total. The summed E-state index contributed by atoms with van der Waals surface area (Å²) in [6, 6.07) is 16.4. The van der Waals surface area contributed by atoms with Crippen molar-refractivity contribution in [2.45, 2.75) is 31.2 Å². The monoisotopic (exact) mass is 348 g/mol. The molecule has 3 aromatic rings. The van der Waals surface area contributed by atoms with Gasteiger partial charge in [0.05, 0.1) is 5.54 Å². The number of nitrogens with one attached hydrogen (secondary N) is 1. The summed E-state index contributed by atoms with van der Waals surface area (Å²) in [5, 5.41) is 6.94. The third kappa shape index (κ3) is 3.23. The van der Waals surface area contributed by atoms with Gasteiger partial charge in [-0.2, -0.15) is 4.98 Å². The summed E-state index contributed by atoms with van der Waals surface area (Å²) in [5.74, 6) is 0.869. The van der Waals surface area contributed by atoms with Crippen LogP contribution < -0.4 is 11.1 Å². The van der Waals surface area contributed by atoms with Gasteiger partial charge in [0.2, 0.25) is 0 Å². The van der Waals surface area contributed by atoms with Crippen LogP contribution in [0.1, 0.15) is 41.9 Å². The maximum atomic E-state index is 12.2. The van der Waals surface area contributed by atoms with E-state index in [1.807, 2.05) is 42.5 Å². The number of nitrogens with zero attached hydrogens (tertiary/aromatic N) is 2. The maximum absolute atomic E-state index is 12.2. The van der Waals surface area contributed by atoms with E-state index in [-0.39, 0.29) is 5.91 Å². The summed E-state index contributed by atoms with van der Waals surface area (Å²) < 4.78 is 5.39. The van der Waals surface area contributed by atoms with E-state index < -0.39 is 5.54 Å². The lowest BCUT2D eigenvalue weighted by Gasteiger charge is -2.17. The molecule has 2 aromatic carbocycles. The third-order valence-corrected chi connectivity index (χ3v) is 4.79. The minimum Gasteiger partial charge on any atom is -0.334 e. The topological polar surface area (TPSA) is 94.0 Å². The normalized spacial score (nSPS) is 15.7. The first-order chi connectivity index (χ1) is 12.6. The van der Waals surface area contributed by atoms with Crippen molar-refractivity contribution < 1.29 is 9.32 Å². The molecule has 1 heterocycles. The van der Waals surface area contributed by atoms with Crippen LogP contribution in [0.15, 0.2) is 59.1 Å². The highest BCUT2D eigenvalue weighted by atomic mass is 16.5. The Labute approximate surface area is 151 Å². The highest BCUT2D eigenvalue weighted by molar-refractivity contribution is 6.04. The SMILES string of the molecule is NC1(c2noc(-c3ccc(NC(=O)c4ccccc4)cc3)n2)CCCC1. The standard InChI is InChI=1S/C20H20N4O2/c21-20(12-4-5-13-20)19-23-18(26-24-19)15-8-10-16(11-9-15)22-17(25)14-6-2-1-3-7-14/h1-3,6-11H,4-5,12-13,21H2,(H,22,25). The predicted molar refractivity (Wildman–Crippen MR) is 98.5 cm³/mol. The fourth-order valence-corrected chi connectivity index (χ4v) is 3.26. The molecule has 0 spiro atoms. The molecule has 4 rings (SSSR count). The van der Waals surface area contributed by atoms with Gasteiger partial charge >= 0.3 is 0 Å². The van der Waals surface area contributed by atoms with Crippen molar-refractivity contribution in [2.24, 2.45) is 5.73 Å². The van der Waals surface area contributed by atoms with Crippen molar-refractivity contribution in [2.75, 3.05) is 5.32 Å². The molecule has 0 saturated heterocycles. The Balaban J connectivity index is 1.48. The van der Waals surface area contributed by atoms with Crippen LogP contribution in [0.3, 0.4) is 0 Å². The Bertz CT molecular complexity index is 897. The second kappa shape index (κ2) is 6.72. The van der Waals surface area contributed by atoms with Crippen LogP contribution in [0.2, 0.25) is 0 Å². The number of anilines is 1. The summed E-state index contributed by atoms with van der Waals surface area (Å²) in [7, 11) is 0. The summed E-state index contributed by atoms with van der Waals surface area (Å²) >= 11 is 0. The predicted octanol–water partition coefficient (Wildman–Crippen LogP) is 3.72. The van der Waals surface area contributed by atoms with Crippen molar-refractivity contribution in [1.29, 1.82) is 0 Å². The van der Waals surface area contributed by atoms with Crippen LogP contribution in [-0.2, 0) is 5.54 Å². The smallest absolute Gasteiger partial charge is 0.257 e. The number of rotatable bonds is 4. The van der Waals surface area contributed by atoms with E-state index in [0.717, 1.165) is 31.2 Å². The zero-order chi connectivity index (χ0) is 18.0. The summed E-state index contributed by atoms with van der Waals surface area (Å²) in [5.41, 5.74) is 8.02. The molecule has 0 atom stereocenters. The van der Waals surface area contributed by atoms with E-state index in [0.29, 0.717) is 23.0 Å². The number of hydrogen-bond acceptors (Lipinski definition) is 5. The molecule has 0 radical (unpaired) electrons. The molecule has 1 aliphatic carbocycles. The molecule has 1 amide bonds.